The Kier molecular flexibility index (Phi) is 14.6. The van der Waals surface area contributed by atoms with Crippen molar-refractivity contribution in [2.75, 3.05) is 19.8 Å². The van der Waals surface area contributed by atoms with E-state index in [0.717, 1.165) is 25.7 Å². The summed E-state index contributed by atoms with van der Waals surface area (Å²) in [7, 11) is -1.23. The van der Waals surface area contributed by atoms with Gasteiger partial charge in [-0.25, -0.2) is 9.46 Å². The van der Waals surface area contributed by atoms with E-state index >= 15 is 0 Å². The SMILES string of the molecule is CC(C)N(C(C)C)P(OCCC#N)OCCCCCCNC(=O)Cc1cc(=O)oc2cc(OC(=O)C(C)(C)C)ccc12. The van der Waals surface area contributed by atoms with Crippen molar-refractivity contribution in [1.82, 2.24) is 9.99 Å². The minimum Gasteiger partial charge on any atom is -0.426 e. The first kappa shape index (κ1) is 35.4. The van der Waals surface area contributed by atoms with E-state index in [0.29, 0.717) is 37.1 Å². The van der Waals surface area contributed by atoms with Gasteiger partial charge in [0.05, 0.1) is 37.5 Å². The molecule has 1 heterocycles. The van der Waals surface area contributed by atoms with Gasteiger partial charge in [0.1, 0.15) is 11.3 Å². The minimum atomic E-state index is -1.23. The van der Waals surface area contributed by atoms with Crippen molar-refractivity contribution in [3.8, 4) is 11.8 Å². The first-order valence-corrected chi connectivity index (χ1v) is 15.7. The number of esters is 1. The smallest absolute Gasteiger partial charge is 0.336 e. The standard InChI is InChI=1S/C31H46N3O7P/c1-22(2)34(23(3)4)42(39-18-12-15-32)38-17-11-9-8-10-16-33-28(35)19-24-20-29(36)41-27-21-25(13-14-26(24)27)40-30(37)31(5,6)7/h13-14,20-23H,8-12,16-19H2,1-7H3,(H,33,35). The van der Waals surface area contributed by atoms with Gasteiger partial charge in [-0.2, -0.15) is 5.26 Å². The highest BCUT2D eigenvalue weighted by atomic mass is 31.2. The first-order chi connectivity index (χ1) is 19.8. The van der Waals surface area contributed by atoms with Gasteiger partial charge < -0.3 is 23.5 Å². The number of nitrogens with zero attached hydrogens (tertiary/aromatic N) is 2. The van der Waals surface area contributed by atoms with E-state index < -0.39 is 25.5 Å². The summed E-state index contributed by atoms with van der Waals surface area (Å²) in [5.74, 6) is -0.309. The number of hydrogen-bond donors (Lipinski definition) is 1. The lowest BCUT2D eigenvalue weighted by molar-refractivity contribution is -0.143. The van der Waals surface area contributed by atoms with Crippen LogP contribution in [0.3, 0.4) is 0 Å². The fraction of sp³-hybridized carbons (Fsp3) is 0.613. The van der Waals surface area contributed by atoms with Gasteiger partial charge in [0, 0.05) is 36.1 Å². The lowest BCUT2D eigenvalue weighted by atomic mass is 9.97. The number of rotatable bonds is 17. The molecule has 0 fully saturated rings. The number of carbonyl (C=O) groups excluding carboxylic acids is 2. The molecule has 1 aromatic carbocycles. The van der Waals surface area contributed by atoms with Crippen LogP contribution in [0.1, 0.15) is 86.1 Å². The molecule has 42 heavy (non-hydrogen) atoms. The molecular formula is C31H46N3O7P. The van der Waals surface area contributed by atoms with Crippen molar-refractivity contribution in [1.29, 1.82) is 5.26 Å². The number of unbranched alkanes of at least 4 members (excludes halogenated alkanes) is 3. The number of nitriles is 1. The van der Waals surface area contributed by atoms with E-state index in [9.17, 15) is 14.4 Å². The molecule has 2 rings (SSSR count). The van der Waals surface area contributed by atoms with Crippen molar-refractivity contribution in [2.24, 2.45) is 5.41 Å². The molecule has 1 unspecified atom stereocenters. The molecule has 0 spiro atoms. The molecule has 1 atom stereocenters. The van der Waals surface area contributed by atoms with Gasteiger partial charge >= 0.3 is 11.6 Å². The van der Waals surface area contributed by atoms with Crippen LogP contribution >= 0.6 is 8.53 Å². The molecule has 0 aliphatic carbocycles. The van der Waals surface area contributed by atoms with Crippen LogP contribution in [0.25, 0.3) is 11.0 Å². The van der Waals surface area contributed by atoms with Crippen LogP contribution in [0.4, 0.5) is 0 Å². The molecule has 11 heteroatoms. The van der Waals surface area contributed by atoms with Crippen molar-refractivity contribution in [3.63, 3.8) is 0 Å². The summed E-state index contributed by atoms with van der Waals surface area (Å²) in [6, 6.07) is 8.77. The van der Waals surface area contributed by atoms with Gasteiger partial charge in [-0.1, -0.05) is 12.8 Å². The molecular weight excluding hydrogens is 557 g/mol. The number of amides is 1. The van der Waals surface area contributed by atoms with Crippen molar-refractivity contribution in [3.05, 3.63) is 40.2 Å². The lowest BCUT2D eigenvalue weighted by Crippen LogP contribution is -2.33. The topological polar surface area (TPSA) is 131 Å². The molecule has 1 N–H and O–H groups in total. The van der Waals surface area contributed by atoms with Crippen molar-refractivity contribution < 1.29 is 27.8 Å². The van der Waals surface area contributed by atoms with E-state index in [2.05, 4.69) is 43.8 Å². The molecule has 0 saturated heterocycles. The van der Waals surface area contributed by atoms with Gasteiger partial charge in [0.15, 0.2) is 0 Å². The quantitative estimate of drug-likeness (QED) is 0.0732. The summed E-state index contributed by atoms with van der Waals surface area (Å²) in [4.78, 5) is 36.9. The average Bonchev–Trinajstić information content (AvgIpc) is 2.88. The Hall–Kier alpha value is -2.83. The van der Waals surface area contributed by atoms with Crippen LogP contribution in [0.15, 0.2) is 33.5 Å². The number of nitrogens with one attached hydrogen (secondary N) is 1. The predicted octanol–water partition coefficient (Wildman–Crippen LogP) is 6.26. The molecule has 0 aliphatic heterocycles. The summed E-state index contributed by atoms with van der Waals surface area (Å²) >= 11 is 0. The maximum atomic E-state index is 12.6. The molecule has 0 saturated carbocycles. The van der Waals surface area contributed by atoms with Gasteiger partial charge in [-0.3, -0.25) is 9.59 Å². The molecule has 10 nitrogen and oxygen atoms in total. The maximum absolute atomic E-state index is 12.6. The van der Waals surface area contributed by atoms with Crippen LogP contribution in [0, 0.1) is 16.7 Å². The highest BCUT2D eigenvalue weighted by Gasteiger charge is 2.27. The Bertz CT molecular complexity index is 1260. The van der Waals surface area contributed by atoms with Crippen LogP contribution in [0.2, 0.25) is 0 Å². The van der Waals surface area contributed by atoms with Crippen LogP contribution in [-0.4, -0.2) is 48.4 Å². The van der Waals surface area contributed by atoms with Gasteiger partial charge in [-0.05, 0) is 79.0 Å². The third-order valence-corrected chi connectivity index (χ3v) is 8.34. The zero-order chi connectivity index (χ0) is 31.3. The Balaban J connectivity index is 1.79. The Morgan fingerprint density at radius 1 is 1.02 bits per heavy atom. The third kappa shape index (κ3) is 11.8. The molecule has 0 radical (unpaired) electrons. The van der Waals surface area contributed by atoms with Crippen LogP contribution in [-0.2, 0) is 25.1 Å². The second kappa shape index (κ2) is 17.3. The van der Waals surface area contributed by atoms with E-state index in [1.165, 1.54) is 12.1 Å². The Morgan fingerprint density at radius 3 is 2.33 bits per heavy atom. The summed E-state index contributed by atoms with van der Waals surface area (Å²) in [6.45, 7) is 15.2. The second-order valence-corrected chi connectivity index (χ2v) is 13.2. The first-order valence-electron chi connectivity index (χ1n) is 14.6. The largest absolute Gasteiger partial charge is 0.426 e. The number of fused-ring (bicyclic) bond motifs is 1. The van der Waals surface area contributed by atoms with E-state index in [4.69, 9.17) is 23.5 Å². The lowest BCUT2D eigenvalue weighted by Gasteiger charge is -2.35. The summed E-state index contributed by atoms with van der Waals surface area (Å²) in [5, 5.41) is 12.4. The fourth-order valence-electron chi connectivity index (χ4n) is 4.18. The zero-order valence-corrected chi connectivity index (χ0v) is 26.9. The third-order valence-electron chi connectivity index (χ3n) is 6.23. The average molecular weight is 604 g/mol. The zero-order valence-electron chi connectivity index (χ0n) is 26.0. The molecule has 1 aromatic heterocycles. The number of ether oxygens (including phenoxy) is 1. The number of carbonyl (C=O) groups is 2. The van der Waals surface area contributed by atoms with Crippen molar-refractivity contribution in [2.45, 2.75) is 99.1 Å². The number of hydrogen-bond acceptors (Lipinski definition) is 9. The molecule has 232 valence electrons. The maximum Gasteiger partial charge on any atom is 0.336 e. The van der Waals surface area contributed by atoms with Gasteiger partial charge in [0.25, 0.3) is 8.53 Å². The minimum absolute atomic E-state index is 0.0363. The monoisotopic (exact) mass is 603 g/mol. The van der Waals surface area contributed by atoms with E-state index in [-0.39, 0.29) is 35.7 Å². The summed E-state index contributed by atoms with van der Waals surface area (Å²) in [5.41, 5.74) is -0.439. The molecule has 0 aliphatic rings. The van der Waals surface area contributed by atoms with Gasteiger partial charge in [-0.15, -0.1) is 0 Å². The Morgan fingerprint density at radius 2 is 1.69 bits per heavy atom. The second-order valence-electron chi connectivity index (χ2n) is 11.7. The normalized spacial score (nSPS) is 12.6. The van der Waals surface area contributed by atoms with Crippen LogP contribution in [0.5, 0.6) is 5.75 Å². The summed E-state index contributed by atoms with van der Waals surface area (Å²) < 4.78 is 24.9. The van der Waals surface area contributed by atoms with E-state index in [1.54, 1.807) is 32.9 Å². The predicted molar refractivity (Wildman–Crippen MR) is 164 cm³/mol. The van der Waals surface area contributed by atoms with E-state index in [1.807, 2.05) is 0 Å². The highest BCUT2D eigenvalue weighted by Crippen LogP contribution is 2.46. The van der Waals surface area contributed by atoms with Crippen molar-refractivity contribution >= 4 is 31.4 Å². The van der Waals surface area contributed by atoms with Gasteiger partial charge in [0.2, 0.25) is 5.91 Å². The Labute approximate surface area is 250 Å². The number of benzene rings is 1. The summed E-state index contributed by atoms with van der Waals surface area (Å²) in [6.07, 6.45) is 3.95. The highest BCUT2D eigenvalue weighted by molar-refractivity contribution is 7.44. The molecule has 2 aromatic rings. The molecule has 0 bridgehead atoms. The van der Waals surface area contributed by atoms with Crippen LogP contribution < -0.4 is 15.7 Å². The molecule has 1 amide bonds. The fourth-order valence-corrected chi connectivity index (χ4v) is 5.81.